The summed E-state index contributed by atoms with van der Waals surface area (Å²) in [4.78, 5) is 26.7. The lowest BCUT2D eigenvalue weighted by atomic mass is 9.99. The molecule has 0 aromatic carbocycles. The molecule has 11 heteroatoms. The van der Waals surface area contributed by atoms with Crippen LogP contribution >= 0.6 is 0 Å². The first kappa shape index (κ1) is 82.1. The van der Waals surface area contributed by atoms with Crippen molar-refractivity contribution in [2.24, 2.45) is 0 Å². The third-order valence-corrected chi connectivity index (χ3v) is 17.1. The van der Waals surface area contributed by atoms with Gasteiger partial charge in [0.25, 0.3) is 0 Å². The first-order chi connectivity index (χ1) is 42.7. The van der Waals surface area contributed by atoms with Crippen molar-refractivity contribution in [3.05, 3.63) is 72.9 Å². The van der Waals surface area contributed by atoms with Crippen LogP contribution in [0.1, 0.15) is 335 Å². The molecular formula is C76H137NO10. The van der Waals surface area contributed by atoms with Gasteiger partial charge in [0.05, 0.1) is 25.4 Å². The lowest BCUT2D eigenvalue weighted by molar-refractivity contribution is -0.305. The molecule has 1 aliphatic rings. The van der Waals surface area contributed by atoms with E-state index in [1.807, 2.05) is 6.08 Å². The zero-order chi connectivity index (χ0) is 63.1. The van der Waals surface area contributed by atoms with Gasteiger partial charge in [0.2, 0.25) is 5.91 Å². The molecule has 11 nitrogen and oxygen atoms in total. The van der Waals surface area contributed by atoms with Crippen molar-refractivity contribution in [2.45, 2.75) is 384 Å². The van der Waals surface area contributed by atoms with Crippen molar-refractivity contribution < 1.29 is 49.3 Å². The molecule has 0 bridgehead atoms. The number of amides is 1. The van der Waals surface area contributed by atoms with Gasteiger partial charge in [-0.1, -0.05) is 306 Å². The number of ether oxygens (including phenoxy) is 3. The lowest BCUT2D eigenvalue weighted by Gasteiger charge is -2.41. The zero-order valence-electron chi connectivity index (χ0n) is 56.4. The van der Waals surface area contributed by atoms with E-state index in [0.29, 0.717) is 12.8 Å². The Morgan fingerprint density at radius 2 is 0.793 bits per heavy atom. The van der Waals surface area contributed by atoms with Crippen LogP contribution in [0.15, 0.2) is 72.9 Å². The minimum absolute atomic E-state index is 0.123. The summed E-state index contributed by atoms with van der Waals surface area (Å²) in [6.07, 6.45) is 72.3. The molecule has 8 atom stereocenters. The lowest BCUT2D eigenvalue weighted by Crippen LogP contribution is -2.61. The number of esters is 1. The van der Waals surface area contributed by atoms with E-state index in [1.165, 1.54) is 193 Å². The maximum Gasteiger partial charge on any atom is 0.306 e. The molecule has 0 aliphatic carbocycles. The molecule has 1 fully saturated rings. The molecule has 1 amide bonds. The summed E-state index contributed by atoms with van der Waals surface area (Å²) < 4.78 is 17.7. The van der Waals surface area contributed by atoms with Crippen molar-refractivity contribution in [1.82, 2.24) is 5.32 Å². The molecular weight excluding hydrogens is 1090 g/mol. The molecule has 0 aromatic rings. The largest absolute Gasteiger partial charge is 0.454 e. The number of nitrogens with one attached hydrogen (secondary N) is 1. The van der Waals surface area contributed by atoms with Crippen molar-refractivity contribution in [2.75, 3.05) is 13.2 Å². The molecule has 87 heavy (non-hydrogen) atoms. The van der Waals surface area contributed by atoms with Gasteiger partial charge < -0.3 is 45.1 Å². The van der Waals surface area contributed by atoms with Crippen LogP contribution in [0.5, 0.6) is 0 Å². The van der Waals surface area contributed by atoms with Gasteiger partial charge in [-0.2, -0.15) is 0 Å². The molecule has 0 aromatic heterocycles. The highest BCUT2D eigenvalue weighted by molar-refractivity contribution is 5.80. The van der Waals surface area contributed by atoms with Crippen LogP contribution in [0.2, 0.25) is 0 Å². The van der Waals surface area contributed by atoms with Gasteiger partial charge >= 0.3 is 5.97 Å². The van der Waals surface area contributed by atoms with Crippen molar-refractivity contribution in [3.8, 4) is 0 Å². The molecule has 0 saturated carbocycles. The summed E-state index contributed by atoms with van der Waals surface area (Å²) in [6.45, 7) is 5.78. The van der Waals surface area contributed by atoms with Gasteiger partial charge in [0.15, 0.2) is 12.4 Å². The summed E-state index contributed by atoms with van der Waals surface area (Å²) in [5.41, 5.74) is 0. The fourth-order valence-corrected chi connectivity index (χ4v) is 11.3. The molecule has 0 radical (unpaired) electrons. The van der Waals surface area contributed by atoms with Crippen molar-refractivity contribution in [1.29, 1.82) is 0 Å². The second-order valence-electron chi connectivity index (χ2n) is 25.3. The Balaban J connectivity index is 2.54. The Kier molecular flexibility index (Phi) is 59.7. The summed E-state index contributed by atoms with van der Waals surface area (Å²) in [6, 6.07) is -1.03. The highest BCUT2D eigenvalue weighted by atomic mass is 16.7. The molecule has 506 valence electrons. The summed E-state index contributed by atoms with van der Waals surface area (Å²) >= 11 is 0. The molecule has 1 saturated heterocycles. The van der Waals surface area contributed by atoms with Crippen molar-refractivity contribution in [3.63, 3.8) is 0 Å². The number of carbonyl (C=O) groups is 2. The van der Waals surface area contributed by atoms with Crippen LogP contribution in [0.25, 0.3) is 0 Å². The van der Waals surface area contributed by atoms with E-state index in [4.69, 9.17) is 14.2 Å². The molecule has 1 heterocycles. The Morgan fingerprint density at radius 3 is 1.22 bits per heavy atom. The molecule has 6 N–H and O–H groups in total. The maximum atomic E-state index is 13.5. The minimum Gasteiger partial charge on any atom is -0.454 e. The Morgan fingerprint density at radius 1 is 0.448 bits per heavy atom. The standard InChI is InChI=1S/C76H137NO10/c1-4-7-10-13-16-19-22-24-26-28-30-32-34-35-36-38-40-42-44-46-49-52-55-58-61-64-71(81)87-74-73(83)72(82)70(65-78)86-76(74)85-66-67(68(79)62-59-56-53-50-47-21-18-15-12-9-6-3)77-75(84)69(80)63-60-57-54-51-48-45-43-41-39-37-33-31-29-27-25-23-20-17-14-11-8-5-2/h17,20,24-27,31,33,39,41,59,62,67-70,72-74,76,78-80,82-83H,4-16,18-19,21-23,28-30,32,34-38,40,42-58,60-61,63-66H2,1-3H3,(H,77,84)/b20-17-,26-24+,27-25-,33-31-,41-39-,62-59+. The number of allylic oxidation sites excluding steroid dienone is 11. The fraction of sp³-hybridized carbons (Fsp3) is 0.816. The summed E-state index contributed by atoms with van der Waals surface area (Å²) in [7, 11) is 0. The van der Waals surface area contributed by atoms with Gasteiger partial charge in [-0.3, -0.25) is 9.59 Å². The van der Waals surface area contributed by atoms with Crippen LogP contribution in [0.4, 0.5) is 0 Å². The Hall–Kier alpha value is -2.90. The second-order valence-corrected chi connectivity index (χ2v) is 25.3. The topological polar surface area (TPSA) is 175 Å². The molecule has 1 aliphatic heterocycles. The van der Waals surface area contributed by atoms with Crippen LogP contribution in [-0.2, 0) is 23.8 Å². The van der Waals surface area contributed by atoms with Crippen LogP contribution < -0.4 is 5.32 Å². The highest BCUT2D eigenvalue weighted by Gasteiger charge is 2.47. The van der Waals surface area contributed by atoms with Gasteiger partial charge in [0, 0.05) is 6.42 Å². The van der Waals surface area contributed by atoms with Gasteiger partial charge in [0.1, 0.15) is 24.4 Å². The molecule has 0 spiro atoms. The number of aliphatic hydroxyl groups is 5. The highest BCUT2D eigenvalue weighted by Crippen LogP contribution is 2.26. The van der Waals surface area contributed by atoms with Crippen LogP contribution in [-0.4, -0.2) is 99.6 Å². The Bertz CT molecular complexity index is 1690. The van der Waals surface area contributed by atoms with Gasteiger partial charge in [-0.05, 0) is 96.3 Å². The number of hydrogen-bond donors (Lipinski definition) is 6. The van der Waals surface area contributed by atoms with Crippen molar-refractivity contribution >= 4 is 11.9 Å². The summed E-state index contributed by atoms with van der Waals surface area (Å²) in [5, 5.41) is 57.2. The number of unbranched alkanes of at least 4 members (excludes halogenated alkanes) is 39. The monoisotopic (exact) mass is 1220 g/mol. The van der Waals surface area contributed by atoms with E-state index in [9.17, 15) is 35.1 Å². The number of carbonyl (C=O) groups excluding carboxylic acids is 2. The first-order valence-corrected chi connectivity index (χ1v) is 36.7. The molecule has 1 rings (SSSR count). The minimum atomic E-state index is -1.62. The number of aliphatic hydroxyl groups excluding tert-OH is 5. The van der Waals surface area contributed by atoms with E-state index in [0.717, 1.165) is 96.3 Å². The average molecular weight is 1220 g/mol. The molecule has 8 unspecified atom stereocenters. The van der Waals surface area contributed by atoms with Gasteiger partial charge in [-0.25, -0.2) is 0 Å². The van der Waals surface area contributed by atoms with Crippen LogP contribution in [0, 0.1) is 0 Å². The maximum absolute atomic E-state index is 13.5. The van der Waals surface area contributed by atoms with E-state index in [2.05, 4.69) is 86.8 Å². The number of hydrogen-bond acceptors (Lipinski definition) is 10. The van der Waals surface area contributed by atoms with E-state index >= 15 is 0 Å². The first-order valence-electron chi connectivity index (χ1n) is 36.7. The zero-order valence-corrected chi connectivity index (χ0v) is 56.4. The predicted molar refractivity (Wildman–Crippen MR) is 366 cm³/mol. The van der Waals surface area contributed by atoms with Gasteiger partial charge in [-0.15, -0.1) is 0 Å². The SMILES string of the molecule is CCCCC/C=C\C/C=C\C/C=C\C/C=C\CCCCCCCCC(O)C(=O)NC(COC1OC(CO)C(O)C(O)C1OC(=O)CCCCCCCCCCCCCCCCC/C=C/CCCCCCCC)C(O)/C=C/CCCCCCCCCCC. The quantitative estimate of drug-likeness (QED) is 0.0195. The van der Waals surface area contributed by atoms with E-state index in [-0.39, 0.29) is 19.4 Å². The van der Waals surface area contributed by atoms with E-state index in [1.54, 1.807) is 6.08 Å². The third kappa shape index (κ3) is 50.4. The summed E-state index contributed by atoms with van der Waals surface area (Å²) in [5.74, 6) is -1.20. The second kappa shape index (κ2) is 63.3. The fourth-order valence-electron chi connectivity index (χ4n) is 11.3. The van der Waals surface area contributed by atoms with Crippen LogP contribution in [0.3, 0.4) is 0 Å². The predicted octanol–water partition coefficient (Wildman–Crippen LogP) is 19.1. The normalized spacial score (nSPS) is 18.6. The smallest absolute Gasteiger partial charge is 0.306 e. The Labute approximate surface area is 534 Å². The third-order valence-electron chi connectivity index (χ3n) is 17.1. The number of rotatable bonds is 63. The van der Waals surface area contributed by atoms with E-state index < -0.39 is 67.4 Å². The average Bonchev–Trinajstić information content (AvgIpc) is 1.30.